The summed E-state index contributed by atoms with van der Waals surface area (Å²) < 4.78 is 12.6. The first-order valence-corrected chi connectivity index (χ1v) is 17.0. The van der Waals surface area contributed by atoms with Crippen LogP contribution in [0.2, 0.25) is 0 Å². The predicted octanol–water partition coefficient (Wildman–Crippen LogP) is 12.3. The van der Waals surface area contributed by atoms with Gasteiger partial charge in [0.2, 0.25) is 11.8 Å². The van der Waals surface area contributed by atoms with Gasteiger partial charge in [-0.2, -0.15) is 0 Å². The summed E-state index contributed by atoms with van der Waals surface area (Å²) in [5.41, 5.74) is 8.13. The fourth-order valence-corrected chi connectivity index (χ4v) is 6.38. The number of oxazole rings is 2. The van der Waals surface area contributed by atoms with E-state index in [-0.39, 0.29) is 0 Å². The van der Waals surface area contributed by atoms with Crippen LogP contribution in [0.1, 0.15) is 102 Å². The molecule has 0 unspecified atom stereocenters. The molecule has 0 spiro atoms. The third-order valence-corrected chi connectivity index (χ3v) is 8.93. The van der Waals surface area contributed by atoms with Crippen molar-refractivity contribution in [2.45, 2.75) is 104 Å². The molecule has 2 aromatic heterocycles. The normalized spacial score (nSPS) is 11.8. The summed E-state index contributed by atoms with van der Waals surface area (Å²) in [7, 11) is 0. The Labute approximate surface area is 261 Å². The van der Waals surface area contributed by atoms with E-state index >= 15 is 0 Å². The molecule has 4 heteroatoms. The second-order valence-electron chi connectivity index (χ2n) is 12.4. The summed E-state index contributed by atoms with van der Waals surface area (Å²) in [6, 6.07) is 25.5. The van der Waals surface area contributed by atoms with Gasteiger partial charge in [0.15, 0.2) is 11.2 Å². The zero-order chi connectivity index (χ0) is 30.1. The molecule has 0 N–H and O–H groups in total. The smallest absolute Gasteiger partial charge is 0.227 e. The van der Waals surface area contributed by atoms with Gasteiger partial charge >= 0.3 is 0 Å². The van der Waals surface area contributed by atoms with Gasteiger partial charge < -0.3 is 8.83 Å². The second-order valence-corrected chi connectivity index (χ2v) is 12.4. The molecule has 0 radical (unpaired) electrons. The molecule has 0 amide bonds. The van der Waals surface area contributed by atoms with Crippen molar-refractivity contribution < 1.29 is 8.83 Å². The maximum absolute atomic E-state index is 6.30. The third kappa shape index (κ3) is 7.07. The first kappa shape index (κ1) is 30.1. The number of aryl methyl sites for hydroxylation is 2. The lowest BCUT2D eigenvalue weighted by Crippen LogP contribution is -1.87. The van der Waals surface area contributed by atoms with Crippen LogP contribution in [0.4, 0.5) is 0 Å². The summed E-state index contributed by atoms with van der Waals surface area (Å²) in [4.78, 5) is 9.90. The average molecular weight is 587 g/mol. The largest absolute Gasteiger partial charge is 0.436 e. The number of hydrogen-bond donors (Lipinski definition) is 0. The van der Waals surface area contributed by atoms with Crippen LogP contribution in [-0.2, 0) is 12.8 Å². The van der Waals surface area contributed by atoms with Gasteiger partial charge in [0.1, 0.15) is 11.0 Å². The van der Waals surface area contributed by atoms with Crippen molar-refractivity contribution in [3.63, 3.8) is 0 Å². The molecule has 0 saturated heterocycles. The Balaban J connectivity index is 1.21. The van der Waals surface area contributed by atoms with E-state index < -0.39 is 0 Å². The first-order valence-electron chi connectivity index (χ1n) is 17.0. The molecular weight excluding hydrogens is 540 g/mol. The Kier molecular flexibility index (Phi) is 10.1. The lowest BCUT2D eigenvalue weighted by Gasteiger charge is -2.07. The molecule has 0 fully saturated rings. The highest BCUT2D eigenvalue weighted by Gasteiger charge is 2.17. The van der Waals surface area contributed by atoms with Gasteiger partial charge in [-0.15, -0.1) is 0 Å². The number of aromatic nitrogens is 2. The zero-order valence-corrected chi connectivity index (χ0v) is 26.5. The average Bonchev–Trinajstić information content (AvgIpc) is 3.67. The van der Waals surface area contributed by atoms with Crippen LogP contribution in [-0.4, -0.2) is 9.97 Å². The molecular formula is C40H46N2O2. The number of unbranched alkanes of at least 4 members (excludes halogenated alkanes) is 10. The molecule has 6 aromatic rings. The van der Waals surface area contributed by atoms with Gasteiger partial charge in [-0.1, -0.05) is 114 Å². The van der Waals surface area contributed by atoms with Crippen LogP contribution in [0.15, 0.2) is 81.6 Å². The van der Waals surface area contributed by atoms with Crippen LogP contribution in [0.3, 0.4) is 0 Å². The Bertz CT molecular complexity index is 1680. The summed E-state index contributed by atoms with van der Waals surface area (Å²) in [6.07, 6.45) is 17.8. The highest BCUT2D eigenvalue weighted by Crippen LogP contribution is 2.37. The Morgan fingerprint density at radius 3 is 1.36 bits per heavy atom. The molecule has 6 rings (SSSR count). The number of hydrogen-bond acceptors (Lipinski definition) is 4. The SMILES string of the molecule is CCCCCCCCc1ccc2oc(-c3ccc(-c4nc5cc(CCCCCCCC)ccc5o4)c4ccccc34)nc2c1. The fourth-order valence-electron chi connectivity index (χ4n) is 6.38. The van der Waals surface area contributed by atoms with Crippen LogP contribution in [0.5, 0.6) is 0 Å². The van der Waals surface area contributed by atoms with Crippen molar-refractivity contribution in [2.24, 2.45) is 0 Å². The minimum absolute atomic E-state index is 0.649. The molecule has 0 aliphatic rings. The Morgan fingerprint density at radius 2 is 0.909 bits per heavy atom. The summed E-state index contributed by atoms with van der Waals surface area (Å²) in [5.74, 6) is 1.30. The van der Waals surface area contributed by atoms with E-state index in [1.807, 2.05) is 0 Å². The van der Waals surface area contributed by atoms with Crippen molar-refractivity contribution in [1.82, 2.24) is 9.97 Å². The molecule has 0 bridgehead atoms. The van der Waals surface area contributed by atoms with Gasteiger partial charge in [0.25, 0.3) is 0 Å². The van der Waals surface area contributed by atoms with Crippen LogP contribution in [0.25, 0.3) is 55.9 Å². The van der Waals surface area contributed by atoms with Crippen molar-refractivity contribution in [3.8, 4) is 22.9 Å². The number of nitrogens with zero attached hydrogens (tertiary/aromatic N) is 2. The lowest BCUT2D eigenvalue weighted by molar-refractivity contribution is 0.607. The number of fused-ring (bicyclic) bond motifs is 3. The molecule has 0 saturated carbocycles. The van der Waals surface area contributed by atoms with E-state index in [2.05, 4.69) is 86.6 Å². The molecule has 2 heterocycles. The third-order valence-electron chi connectivity index (χ3n) is 8.93. The van der Waals surface area contributed by atoms with Gasteiger partial charge in [-0.25, -0.2) is 9.97 Å². The van der Waals surface area contributed by atoms with E-state index in [4.69, 9.17) is 18.8 Å². The molecule has 228 valence electrons. The van der Waals surface area contributed by atoms with Crippen LogP contribution < -0.4 is 0 Å². The monoisotopic (exact) mass is 586 g/mol. The highest BCUT2D eigenvalue weighted by molar-refractivity contribution is 6.03. The minimum atomic E-state index is 0.649. The van der Waals surface area contributed by atoms with Gasteiger partial charge in [-0.05, 0) is 84.0 Å². The second kappa shape index (κ2) is 14.7. The van der Waals surface area contributed by atoms with E-state index in [0.717, 1.165) is 56.9 Å². The molecule has 0 atom stereocenters. The Morgan fingerprint density at radius 1 is 0.477 bits per heavy atom. The summed E-state index contributed by atoms with van der Waals surface area (Å²) >= 11 is 0. The molecule has 44 heavy (non-hydrogen) atoms. The van der Waals surface area contributed by atoms with Crippen molar-refractivity contribution in [2.75, 3.05) is 0 Å². The first-order chi connectivity index (χ1) is 21.7. The molecule has 0 aliphatic heterocycles. The predicted molar refractivity (Wildman–Crippen MR) is 184 cm³/mol. The van der Waals surface area contributed by atoms with Crippen LogP contribution in [0, 0.1) is 0 Å². The van der Waals surface area contributed by atoms with E-state index in [9.17, 15) is 0 Å². The molecule has 0 aliphatic carbocycles. The summed E-state index contributed by atoms with van der Waals surface area (Å²) in [6.45, 7) is 4.53. The summed E-state index contributed by atoms with van der Waals surface area (Å²) in [5, 5.41) is 2.16. The van der Waals surface area contributed by atoms with Crippen molar-refractivity contribution >= 4 is 33.0 Å². The van der Waals surface area contributed by atoms with Gasteiger partial charge in [0, 0.05) is 11.1 Å². The zero-order valence-electron chi connectivity index (χ0n) is 26.5. The van der Waals surface area contributed by atoms with Gasteiger partial charge in [0.05, 0.1) is 0 Å². The van der Waals surface area contributed by atoms with Crippen LogP contribution >= 0.6 is 0 Å². The van der Waals surface area contributed by atoms with E-state index in [0.29, 0.717) is 11.8 Å². The fraction of sp³-hybridized carbons (Fsp3) is 0.400. The van der Waals surface area contributed by atoms with E-state index in [1.54, 1.807) is 0 Å². The number of rotatable bonds is 16. The standard InChI is InChI=1S/C40H46N2O2/c1-3-5-7-9-11-13-17-29-21-25-37-35(27-29)41-39(43-37)33-23-24-34(32-20-16-15-19-31(32)33)40-42-36-28-30(22-26-38(36)44-40)18-14-12-10-8-6-4-2/h15-16,19-28H,3-14,17-18H2,1-2H3. The maximum Gasteiger partial charge on any atom is 0.227 e. The van der Waals surface area contributed by atoms with E-state index in [1.165, 1.54) is 88.2 Å². The highest BCUT2D eigenvalue weighted by atomic mass is 16.4. The molecule has 4 aromatic carbocycles. The van der Waals surface area contributed by atoms with Crippen molar-refractivity contribution in [1.29, 1.82) is 0 Å². The quantitative estimate of drug-likeness (QED) is 0.106. The molecule has 4 nitrogen and oxygen atoms in total. The lowest BCUT2D eigenvalue weighted by atomic mass is 9.99. The Hall–Kier alpha value is -3.92. The topological polar surface area (TPSA) is 52.1 Å². The van der Waals surface area contributed by atoms with Crippen molar-refractivity contribution in [3.05, 3.63) is 83.9 Å². The van der Waals surface area contributed by atoms with Gasteiger partial charge in [-0.3, -0.25) is 0 Å². The maximum atomic E-state index is 6.30. The minimum Gasteiger partial charge on any atom is -0.436 e. The number of benzene rings is 4.